The molecule has 0 aromatic carbocycles. The highest BCUT2D eigenvalue weighted by atomic mass is 32.1. The highest BCUT2D eigenvalue weighted by molar-refractivity contribution is 7.88. The lowest BCUT2D eigenvalue weighted by atomic mass is 10.4. The van der Waals surface area contributed by atoms with E-state index in [0.29, 0.717) is 0 Å². The lowest BCUT2D eigenvalue weighted by Crippen LogP contribution is -1.59. The van der Waals surface area contributed by atoms with Crippen LogP contribution >= 0.6 is 36.6 Å². The van der Waals surface area contributed by atoms with E-state index in [9.17, 15) is 0 Å². The van der Waals surface area contributed by atoms with E-state index in [-0.39, 0.29) is 0 Å². The van der Waals surface area contributed by atoms with Gasteiger partial charge in [-0.2, -0.15) is 12.6 Å². The summed E-state index contributed by atoms with van der Waals surface area (Å²) >= 11 is 9.81. The van der Waals surface area contributed by atoms with E-state index in [1.807, 2.05) is 23.6 Å². The third-order valence-corrected chi connectivity index (χ3v) is 2.69. The molecule has 0 N–H and O–H groups in total. The highest BCUT2D eigenvalue weighted by Crippen LogP contribution is 2.13. The Hall–Kier alpha value is -0.120. The summed E-state index contributed by atoms with van der Waals surface area (Å²) in [5.41, 5.74) is 0. The molecule has 58 valence electrons. The van der Waals surface area contributed by atoms with E-state index in [0.717, 1.165) is 4.91 Å². The topological polar surface area (TPSA) is 0 Å². The molecule has 1 heterocycles. The molecule has 0 aliphatic heterocycles. The van der Waals surface area contributed by atoms with Crippen LogP contribution in [0.2, 0.25) is 0 Å². The molecule has 0 amide bonds. The van der Waals surface area contributed by atoms with Gasteiger partial charge < -0.3 is 0 Å². The fourth-order valence-corrected chi connectivity index (χ4v) is 1.38. The molecule has 0 atom stereocenters. The van der Waals surface area contributed by atoms with Crippen molar-refractivity contribution in [3.63, 3.8) is 0 Å². The van der Waals surface area contributed by atoms with Gasteiger partial charge >= 0.3 is 0 Å². The maximum Gasteiger partial charge on any atom is 0.0270 e. The van der Waals surface area contributed by atoms with Gasteiger partial charge in [-0.25, -0.2) is 0 Å². The molecule has 0 unspecified atom stereocenters. The molecular formula is C8H8S3. The number of thiol groups is 2. The summed E-state index contributed by atoms with van der Waals surface area (Å²) in [6.07, 6.45) is 3.93. The first-order valence-electron chi connectivity index (χ1n) is 3.08. The van der Waals surface area contributed by atoms with Crippen molar-refractivity contribution in [1.29, 1.82) is 0 Å². The van der Waals surface area contributed by atoms with Gasteiger partial charge in [0.15, 0.2) is 0 Å². The van der Waals surface area contributed by atoms with Gasteiger partial charge in [0, 0.05) is 9.78 Å². The van der Waals surface area contributed by atoms with Gasteiger partial charge in [-0.1, -0.05) is 6.07 Å². The van der Waals surface area contributed by atoms with E-state index in [4.69, 9.17) is 0 Å². The third-order valence-electron chi connectivity index (χ3n) is 1.09. The Labute approximate surface area is 81.5 Å². The third kappa shape index (κ3) is 3.18. The van der Waals surface area contributed by atoms with Gasteiger partial charge in [0.2, 0.25) is 0 Å². The van der Waals surface area contributed by atoms with E-state index in [1.54, 1.807) is 16.7 Å². The second-order valence-electron chi connectivity index (χ2n) is 1.90. The van der Waals surface area contributed by atoms with Crippen LogP contribution in [-0.2, 0) is 0 Å². The lowest BCUT2D eigenvalue weighted by molar-refractivity contribution is 1.93. The highest BCUT2D eigenvalue weighted by Gasteiger charge is 1.84. The van der Waals surface area contributed by atoms with Crippen LogP contribution in [0.25, 0.3) is 6.08 Å². The molecule has 1 aromatic heterocycles. The molecule has 11 heavy (non-hydrogen) atoms. The van der Waals surface area contributed by atoms with E-state index >= 15 is 0 Å². The first kappa shape index (κ1) is 8.97. The van der Waals surface area contributed by atoms with E-state index in [2.05, 4.69) is 31.3 Å². The van der Waals surface area contributed by atoms with Gasteiger partial charge in [0.25, 0.3) is 0 Å². The van der Waals surface area contributed by atoms with Gasteiger partial charge in [-0.15, -0.1) is 24.0 Å². The first-order valence-corrected chi connectivity index (χ1v) is 4.92. The van der Waals surface area contributed by atoms with Crippen molar-refractivity contribution in [2.24, 2.45) is 0 Å². The van der Waals surface area contributed by atoms with Crippen molar-refractivity contribution in [2.45, 2.75) is 0 Å². The molecule has 0 bridgehead atoms. The average molecular weight is 200 g/mol. The van der Waals surface area contributed by atoms with Gasteiger partial charge in [0.05, 0.1) is 0 Å². The summed E-state index contributed by atoms with van der Waals surface area (Å²) in [6, 6.07) is 4.08. The Morgan fingerprint density at radius 3 is 2.91 bits per heavy atom. The molecule has 1 rings (SSSR count). The summed E-state index contributed by atoms with van der Waals surface area (Å²) in [6.45, 7) is 0. The van der Waals surface area contributed by atoms with Crippen molar-refractivity contribution in [3.8, 4) is 0 Å². The van der Waals surface area contributed by atoms with Crippen molar-refractivity contribution in [3.05, 3.63) is 38.8 Å². The Bertz CT molecular complexity index is 257. The van der Waals surface area contributed by atoms with E-state index in [1.165, 1.54) is 4.88 Å². The lowest BCUT2D eigenvalue weighted by Gasteiger charge is -1.84. The SMILES string of the molecule is S/C=C(S)/C=C/c1cccs1. The monoisotopic (exact) mass is 200 g/mol. The minimum atomic E-state index is 0.863. The smallest absolute Gasteiger partial charge is 0.0270 e. The summed E-state index contributed by atoms with van der Waals surface area (Å²) in [7, 11) is 0. The molecular weight excluding hydrogens is 192 g/mol. The Balaban J connectivity index is 2.63. The minimum absolute atomic E-state index is 0.863. The molecule has 1 aromatic rings. The van der Waals surface area contributed by atoms with Gasteiger partial charge in [-0.05, 0) is 29.0 Å². The Morgan fingerprint density at radius 1 is 1.55 bits per heavy atom. The molecule has 3 heteroatoms. The molecule has 0 fully saturated rings. The van der Waals surface area contributed by atoms with Crippen molar-refractivity contribution in [1.82, 2.24) is 0 Å². The van der Waals surface area contributed by atoms with Crippen LogP contribution in [-0.4, -0.2) is 0 Å². The first-order chi connectivity index (χ1) is 5.33. The van der Waals surface area contributed by atoms with Crippen LogP contribution in [0.3, 0.4) is 0 Å². The largest absolute Gasteiger partial charge is 0.150 e. The number of allylic oxidation sites excluding steroid dienone is 1. The maximum atomic E-state index is 4.14. The Kier molecular flexibility index (Phi) is 3.83. The standard InChI is InChI=1S/C8H8S3/c9-6-7(10)3-4-8-2-1-5-11-8/h1-6,9-10H/b4-3+,7-6-. The zero-order valence-corrected chi connectivity index (χ0v) is 8.37. The predicted octanol–water partition coefficient (Wildman–Crippen LogP) is 3.46. The number of rotatable bonds is 2. The van der Waals surface area contributed by atoms with Crippen LogP contribution < -0.4 is 0 Å². The zero-order chi connectivity index (χ0) is 8.10. The normalized spacial score (nSPS) is 12.7. The quantitative estimate of drug-likeness (QED) is 0.530. The molecule has 0 aliphatic rings. The fourth-order valence-electron chi connectivity index (χ4n) is 0.597. The van der Waals surface area contributed by atoms with Gasteiger partial charge in [-0.3, -0.25) is 0 Å². The molecule has 0 spiro atoms. The number of hydrogen-bond acceptors (Lipinski definition) is 3. The summed E-state index contributed by atoms with van der Waals surface area (Å²) in [4.78, 5) is 2.09. The molecule has 0 saturated heterocycles. The van der Waals surface area contributed by atoms with Gasteiger partial charge in [0.1, 0.15) is 0 Å². The zero-order valence-electron chi connectivity index (χ0n) is 5.77. The van der Waals surface area contributed by atoms with Crippen LogP contribution in [0.15, 0.2) is 33.9 Å². The minimum Gasteiger partial charge on any atom is -0.150 e. The van der Waals surface area contributed by atoms with Crippen LogP contribution in [0.1, 0.15) is 4.88 Å². The fraction of sp³-hybridized carbons (Fsp3) is 0. The summed E-state index contributed by atoms with van der Waals surface area (Å²) in [5.74, 6) is 0. The number of hydrogen-bond donors (Lipinski definition) is 2. The van der Waals surface area contributed by atoms with Crippen molar-refractivity contribution >= 4 is 42.7 Å². The average Bonchev–Trinajstić information content (AvgIpc) is 2.52. The molecule has 0 saturated carbocycles. The van der Waals surface area contributed by atoms with Crippen molar-refractivity contribution in [2.75, 3.05) is 0 Å². The van der Waals surface area contributed by atoms with Crippen LogP contribution in [0, 0.1) is 0 Å². The summed E-state index contributed by atoms with van der Waals surface area (Å²) in [5, 5.41) is 3.70. The van der Waals surface area contributed by atoms with Crippen LogP contribution in [0.4, 0.5) is 0 Å². The second kappa shape index (κ2) is 4.70. The Morgan fingerprint density at radius 2 is 2.36 bits per heavy atom. The second-order valence-corrected chi connectivity index (χ2v) is 3.66. The molecule has 0 radical (unpaired) electrons. The molecule has 0 aliphatic carbocycles. The predicted molar refractivity (Wildman–Crippen MR) is 59.4 cm³/mol. The summed E-state index contributed by atoms with van der Waals surface area (Å²) < 4.78 is 0. The van der Waals surface area contributed by atoms with Crippen molar-refractivity contribution < 1.29 is 0 Å². The molecule has 0 nitrogen and oxygen atoms in total. The van der Waals surface area contributed by atoms with Crippen LogP contribution in [0.5, 0.6) is 0 Å². The van der Waals surface area contributed by atoms with E-state index < -0.39 is 0 Å². The maximum absolute atomic E-state index is 4.14. The number of thiophene rings is 1.